The number of hydrogen-bond donors (Lipinski definition) is 1. The third-order valence-corrected chi connectivity index (χ3v) is 4.61. The normalized spacial score (nSPS) is 12.1. The molecule has 1 atom stereocenters. The molecule has 1 aromatic rings. The molecule has 0 radical (unpaired) electrons. The van der Waals surface area contributed by atoms with Gasteiger partial charge in [0.05, 0.1) is 0 Å². The Morgan fingerprint density at radius 3 is 2.20 bits per heavy atom. The molecule has 142 valence electrons. The maximum atomic E-state index is 11.5. The highest BCUT2D eigenvalue weighted by Gasteiger charge is 2.20. The maximum Gasteiger partial charge on any atom is 0.344 e. The van der Waals surface area contributed by atoms with Crippen molar-refractivity contribution < 1.29 is 14.6 Å². The van der Waals surface area contributed by atoms with E-state index in [4.69, 9.17) is 4.74 Å². The number of hydrogen-bond acceptors (Lipinski definition) is 2. The molecule has 3 nitrogen and oxygen atoms in total. The van der Waals surface area contributed by atoms with E-state index in [1.807, 2.05) is 6.07 Å². The first-order valence-corrected chi connectivity index (χ1v) is 10.1. The van der Waals surface area contributed by atoms with Crippen LogP contribution in [0.5, 0.6) is 5.75 Å². The molecule has 0 bridgehead atoms. The molecule has 0 spiro atoms. The Labute approximate surface area is 153 Å². The summed E-state index contributed by atoms with van der Waals surface area (Å²) in [6.07, 6.45) is 10.9. The van der Waals surface area contributed by atoms with Crippen LogP contribution in [0.2, 0.25) is 0 Å². The van der Waals surface area contributed by atoms with Crippen LogP contribution in [0, 0.1) is 0 Å². The van der Waals surface area contributed by atoms with Crippen molar-refractivity contribution in [2.75, 3.05) is 0 Å². The van der Waals surface area contributed by atoms with Gasteiger partial charge in [-0.15, -0.1) is 0 Å². The van der Waals surface area contributed by atoms with E-state index >= 15 is 0 Å². The van der Waals surface area contributed by atoms with Gasteiger partial charge in [0.2, 0.25) is 0 Å². The number of ether oxygens (including phenoxy) is 1. The Balaban J connectivity index is 2.87. The summed E-state index contributed by atoms with van der Waals surface area (Å²) in [4.78, 5) is 11.5. The summed E-state index contributed by atoms with van der Waals surface area (Å²) < 4.78 is 5.92. The minimum atomic E-state index is -0.861. The van der Waals surface area contributed by atoms with Gasteiger partial charge >= 0.3 is 5.97 Å². The van der Waals surface area contributed by atoms with E-state index in [9.17, 15) is 9.90 Å². The first-order chi connectivity index (χ1) is 12.1. The molecular weight excluding hydrogens is 312 g/mol. The van der Waals surface area contributed by atoms with Crippen molar-refractivity contribution in [1.82, 2.24) is 0 Å². The summed E-state index contributed by atoms with van der Waals surface area (Å²) in [6, 6.07) is 6.33. The predicted molar refractivity (Wildman–Crippen MR) is 104 cm³/mol. The highest BCUT2D eigenvalue weighted by atomic mass is 16.5. The Hall–Kier alpha value is -1.51. The molecule has 1 N–H and O–H groups in total. The van der Waals surface area contributed by atoms with Gasteiger partial charge in [0.1, 0.15) is 5.75 Å². The van der Waals surface area contributed by atoms with Crippen molar-refractivity contribution in [2.24, 2.45) is 0 Å². The standard InChI is InChI=1S/C22H36O3/c1-4-7-10-12-18-15-16-20(19(17-18)13-11-8-5-2)25-21(22(23)24)14-9-6-3/h15-17,21H,4-14H2,1-3H3,(H,23,24). The van der Waals surface area contributed by atoms with Gasteiger partial charge in [-0.3, -0.25) is 0 Å². The molecule has 1 aromatic carbocycles. The molecule has 0 aromatic heterocycles. The van der Waals surface area contributed by atoms with Crippen LogP contribution in [0.3, 0.4) is 0 Å². The van der Waals surface area contributed by atoms with E-state index in [-0.39, 0.29) is 0 Å². The van der Waals surface area contributed by atoms with E-state index in [2.05, 4.69) is 32.9 Å². The average molecular weight is 349 g/mol. The van der Waals surface area contributed by atoms with Crippen LogP contribution in [-0.2, 0) is 17.6 Å². The number of unbranched alkanes of at least 4 members (excludes halogenated alkanes) is 5. The predicted octanol–water partition coefficient (Wildman–Crippen LogP) is 6.17. The first kappa shape index (κ1) is 21.5. The second-order valence-electron chi connectivity index (χ2n) is 6.94. The lowest BCUT2D eigenvalue weighted by Gasteiger charge is -2.18. The molecule has 25 heavy (non-hydrogen) atoms. The van der Waals surface area contributed by atoms with Crippen LogP contribution >= 0.6 is 0 Å². The maximum absolute atomic E-state index is 11.5. The van der Waals surface area contributed by atoms with Gasteiger partial charge in [-0.1, -0.05) is 65.0 Å². The molecule has 0 heterocycles. The zero-order chi connectivity index (χ0) is 18.5. The van der Waals surface area contributed by atoms with Gasteiger partial charge < -0.3 is 9.84 Å². The summed E-state index contributed by atoms with van der Waals surface area (Å²) in [5, 5.41) is 9.44. The van der Waals surface area contributed by atoms with E-state index in [1.54, 1.807) is 0 Å². The Morgan fingerprint density at radius 2 is 1.60 bits per heavy atom. The number of rotatable bonds is 14. The number of carboxylic acids is 1. The lowest BCUT2D eigenvalue weighted by Crippen LogP contribution is -2.27. The Kier molecular flexibility index (Phi) is 11.0. The minimum absolute atomic E-state index is 0.568. The summed E-state index contributed by atoms with van der Waals surface area (Å²) >= 11 is 0. The molecule has 1 rings (SSSR count). The summed E-state index contributed by atoms with van der Waals surface area (Å²) in [5.41, 5.74) is 2.51. The highest BCUT2D eigenvalue weighted by Crippen LogP contribution is 2.26. The Morgan fingerprint density at radius 1 is 0.960 bits per heavy atom. The summed E-state index contributed by atoms with van der Waals surface area (Å²) in [7, 11) is 0. The van der Waals surface area contributed by atoms with Gasteiger partial charge in [0.25, 0.3) is 0 Å². The second kappa shape index (κ2) is 12.8. The van der Waals surface area contributed by atoms with Gasteiger partial charge in [-0.25, -0.2) is 4.79 Å². The number of carboxylic acid groups (broad SMARTS) is 1. The van der Waals surface area contributed by atoms with E-state index < -0.39 is 12.1 Å². The van der Waals surface area contributed by atoms with E-state index in [1.165, 1.54) is 43.2 Å². The summed E-state index contributed by atoms with van der Waals surface area (Å²) in [6.45, 7) is 6.49. The molecule has 0 saturated heterocycles. The van der Waals surface area contributed by atoms with Crippen molar-refractivity contribution >= 4 is 5.97 Å². The zero-order valence-corrected chi connectivity index (χ0v) is 16.4. The highest BCUT2D eigenvalue weighted by molar-refractivity contribution is 5.72. The Bertz CT molecular complexity index is 496. The quantitative estimate of drug-likeness (QED) is 0.409. The van der Waals surface area contributed by atoms with Crippen LogP contribution in [0.1, 0.15) is 89.7 Å². The fraction of sp³-hybridized carbons (Fsp3) is 0.682. The number of benzene rings is 1. The second-order valence-corrected chi connectivity index (χ2v) is 6.94. The zero-order valence-electron chi connectivity index (χ0n) is 16.4. The van der Waals surface area contributed by atoms with Gasteiger partial charge in [-0.2, -0.15) is 0 Å². The molecule has 0 amide bonds. The van der Waals surface area contributed by atoms with E-state index in [0.29, 0.717) is 6.42 Å². The molecule has 3 heteroatoms. The molecule has 0 aliphatic carbocycles. The molecule has 0 saturated carbocycles. The van der Waals surface area contributed by atoms with Crippen LogP contribution in [0.25, 0.3) is 0 Å². The molecule has 1 unspecified atom stereocenters. The van der Waals surface area contributed by atoms with Crippen molar-refractivity contribution in [3.05, 3.63) is 29.3 Å². The van der Waals surface area contributed by atoms with Crippen LogP contribution < -0.4 is 4.74 Å². The topological polar surface area (TPSA) is 46.5 Å². The largest absolute Gasteiger partial charge is 0.479 e. The summed E-state index contributed by atoms with van der Waals surface area (Å²) in [5.74, 6) is -0.0983. The van der Waals surface area contributed by atoms with Gasteiger partial charge in [-0.05, 0) is 55.7 Å². The fourth-order valence-corrected chi connectivity index (χ4v) is 3.02. The first-order valence-electron chi connectivity index (χ1n) is 10.1. The smallest absolute Gasteiger partial charge is 0.344 e. The van der Waals surface area contributed by atoms with Crippen molar-refractivity contribution in [2.45, 2.75) is 97.5 Å². The molecular formula is C22H36O3. The average Bonchev–Trinajstić information content (AvgIpc) is 2.60. The lowest BCUT2D eigenvalue weighted by atomic mass is 10.00. The molecule has 0 fully saturated rings. The monoisotopic (exact) mass is 348 g/mol. The number of aryl methyl sites for hydroxylation is 2. The van der Waals surface area contributed by atoms with Gasteiger partial charge in [0, 0.05) is 0 Å². The minimum Gasteiger partial charge on any atom is -0.479 e. The molecule has 0 aliphatic heterocycles. The van der Waals surface area contributed by atoms with Crippen molar-refractivity contribution in [3.63, 3.8) is 0 Å². The van der Waals surface area contributed by atoms with Crippen LogP contribution in [0.4, 0.5) is 0 Å². The SMILES string of the molecule is CCCCCc1ccc(OC(CCCC)C(=O)O)c(CCCCC)c1. The van der Waals surface area contributed by atoms with E-state index in [0.717, 1.165) is 37.9 Å². The number of aliphatic carboxylic acids is 1. The van der Waals surface area contributed by atoms with Crippen LogP contribution in [-0.4, -0.2) is 17.2 Å². The van der Waals surface area contributed by atoms with Crippen molar-refractivity contribution in [3.8, 4) is 5.75 Å². The van der Waals surface area contributed by atoms with Crippen molar-refractivity contribution in [1.29, 1.82) is 0 Å². The van der Waals surface area contributed by atoms with Gasteiger partial charge in [0.15, 0.2) is 6.10 Å². The fourth-order valence-electron chi connectivity index (χ4n) is 3.02. The third-order valence-electron chi connectivity index (χ3n) is 4.61. The molecule has 0 aliphatic rings. The lowest BCUT2D eigenvalue weighted by molar-refractivity contribution is -0.145. The number of carbonyl (C=O) groups is 1. The van der Waals surface area contributed by atoms with Crippen LogP contribution in [0.15, 0.2) is 18.2 Å². The third kappa shape index (κ3) is 8.42.